The van der Waals surface area contributed by atoms with E-state index in [1.54, 1.807) is 18.2 Å². The lowest BCUT2D eigenvalue weighted by Crippen LogP contribution is -2.38. The lowest BCUT2D eigenvalue weighted by Gasteiger charge is -2.22. The van der Waals surface area contributed by atoms with Gasteiger partial charge in [-0.05, 0) is 37.5 Å². The molecule has 1 N–H and O–H groups in total. The highest BCUT2D eigenvalue weighted by Crippen LogP contribution is 2.27. The average Bonchev–Trinajstić information content (AvgIpc) is 2.59. The van der Waals surface area contributed by atoms with Gasteiger partial charge in [0.25, 0.3) is 5.91 Å². The third-order valence-corrected chi connectivity index (χ3v) is 4.54. The maximum Gasteiger partial charge on any atom is 0.306 e. The lowest BCUT2D eigenvalue weighted by atomic mass is 9.95. The van der Waals surface area contributed by atoms with E-state index in [0.717, 1.165) is 25.7 Å². The van der Waals surface area contributed by atoms with E-state index in [0.29, 0.717) is 28.8 Å². The molecule has 2 rings (SSSR count). The van der Waals surface area contributed by atoms with Gasteiger partial charge in [0.05, 0.1) is 11.6 Å². The van der Waals surface area contributed by atoms with E-state index in [4.69, 9.17) is 32.7 Å². The van der Waals surface area contributed by atoms with Gasteiger partial charge in [-0.25, -0.2) is 0 Å². The fourth-order valence-electron chi connectivity index (χ4n) is 2.73. The van der Waals surface area contributed by atoms with Crippen molar-refractivity contribution in [2.75, 3.05) is 13.2 Å². The minimum Gasteiger partial charge on any atom is -0.492 e. The SMILES string of the molecule is O=C(COC(=O)CCCOc1ccc(Cl)cc1Cl)NC1CCCCC1. The second kappa shape index (κ2) is 10.5. The molecule has 7 heteroatoms. The number of carbonyl (C=O) groups excluding carboxylic acids is 2. The fraction of sp³-hybridized carbons (Fsp3) is 0.556. The molecule has 1 aromatic rings. The number of nitrogens with one attached hydrogen (secondary N) is 1. The van der Waals surface area contributed by atoms with Crippen LogP contribution in [0.4, 0.5) is 0 Å². The van der Waals surface area contributed by atoms with Crippen molar-refractivity contribution in [1.29, 1.82) is 0 Å². The molecule has 1 aliphatic rings. The summed E-state index contributed by atoms with van der Waals surface area (Å²) in [5.74, 6) is -0.125. The topological polar surface area (TPSA) is 64.6 Å². The molecule has 0 unspecified atom stereocenters. The van der Waals surface area contributed by atoms with Crippen molar-refractivity contribution in [1.82, 2.24) is 5.32 Å². The van der Waals surface area contributed by atoms with E-state index in [9.17, 15) is 9.59 Å². The van der Waals surface area contributed by atoms with E-state index in [1.165, 1.54) is 6.42 Å². The number of amides is 1. The van der Waals surface area contributed by atoms with E-state index >= 15 is 0 Å². The molecule has 0 aliphatic heterocycles. The molecule has 0 aromatic heterocycles. The van der Waals surface area contributed by atoms with Gasteiger partial charge in [-0.3, -0.25) is 9.59 Å². The maximum atomic E-state index is 11.8. The number of hydrogen-bond acceptors (Lipinski definition) is 4. The van der Waals surface area contributed by atoms with Crippen molar-refractivity contribution in [2.45, 2.75) is 51.0 Å². The van der Waals surface area contributed by atoms with Crippen LogP contribution in [0.3, 0.4) is 0 Å². The van der Waals surface area contributed by atoms with Gasteiger partial charge in [-0.2, -0.15) is 0 Å². The molecule has 1 amide bonds. The summed E-state index contributed by atoms with van der Waals surface area (Å²) in [6, 6.07) is 5.18. The number of benzene rings is 1. The fourth-order valence-corrected chi connectivity index (χ4v) is 3.19. The Morgan fingerprint density at radius 3 is 2.64 bits per heavy atom. The van der Waals surface area contributed by atoms with Crippen LogP contribution >= 0.6 is 23.2 Å². The Morgan fingerprint density at radius 2 is 1.92 bits per heavy atom. The van der Waals surface area contributed by atoms with Crippen LogP contribution in [0, 0.1) is 0 Å². The Bertz CT molecular complexity index is 588. The van der Waals surface area contributed by atoms with Crippen molar-refractivity contribution in [3.63, 3.8) is 0 Å². The highest BCUT2D eigenvalue weighted by Gasteiger charge is 2.16. The summed E-state index contributed by atoms with van der Waals surface area (Å²) in [5.41, 5.74) is 0. The molecule has 1 aromatic carbocycles. The normalized spacial score (nSPS) is 14.8. The second-order valence-corrected chi connectivity index (χ2v) is 6.93. The Balaban J connectivity index is 1.56. The molecule has 0 atom stereocenters. The summed E-state index contributed by atoms with van der Waals surface area (Å²) < 4.78 is 10.5. The number of rotatable bonds is 8. The predicted molar refractivity (Wildman–Crippen MR) is 97.2 cm³/mol. The quantitative estimate of drug-likeness (QED) is 0.537. The van der Waals surface area contributed by atoms with Crippen LogP contribution in [0.15, 0.2) is 18.2 Å². The first-order chi connectivity index (χ1) is 12.0. The number of ether oxygens (including phenoxy) is 2. The first-order valence-electron chi connectivity index (χ1n) is 8.57. The number of halogens is 2. The van der Waals surface area contributed by atoms with Crippen molar-refractivity contribution in [3.05, 3.63) is 28.2 Å². The third kappa shape index (κ3) is 7.53. The molecule has 1 aliphatic carbocycles. The smallest absolute Gasteiger partial charge is 0.306 e. The molecular formula is C18H23Cl2NO4. The van der Waals surface area contributed by atoms with Crippen LogP contribution in [0.2, 0.25) is 10.0 Å². The molecule has 0 bridgehead atoms. The minimum absolute atomic E-state index is 0.182. The van der Waals surface area contributed by atoms with E-state index in [2.05, 4.69) is 5.32 Å². The van der Waals surface area contributed by atoms with E-state index in [-0.39, 0.29) is 25.0 Å². The van der Waals surface area contributed by atoms with Crippen LogP contribution in [-0.4, -0.2) is 31.1 Å². The number of hydrogen-bond donors (Lipinski definition) is 1. The first kappa shape index (κ1) is 19.9. The summed E-state index contributed by atoms with van der Waals surface area (Å²) in [7, 11) is 0. The highest BCUT2D eigenvalue weighted by molar-refractivity contribution is 6.35. The van der Waals surface area contributed by atoms with Crippen molar-refractivity contribution in [3.8, 4) is 5.75 Å². The van der Waals surface area contributed by atoms with Crippen LogP contribution < -0.4 is 10.1 Å². The molecule has 0 heterocycles. The molecule has 25 heavy (non-hydrogen) atoms. The van der Waals surface area contributed by atoms with Crippen molar-refractivity contribution in [2.24, 2.45) is 0 Å². The van der Waals surface area contributed by atoms with Gasteiger partial charge in [0.2, 0.25) is 0 Å². The zero-order valence-corrected chi connectivity index (χ0v) is 15.6. The molecule has 138 valence electrons. The maximum absolute atomic E-state index is 11.8. The van der Waals surface area contributed by atoms with Gasteiger partial charge in [0.1, 0.15) is 5.75 Å². The Kier molecular flexibility index (Phi) is 8.35. The molecule has 1 fully saturated rings. The zero-order chi connectivity index (χ0) is 18.1. The third-order valence-electron chi connectivity index (χ3n) is 4.01. The zero-order valence-electron chi connectivity index (χ0n) is 14.1. The van der Waals surface area contributed by atoms with Crippen LogP contribution in [0.25, 0.3) is 0 Å². The first-order valence-corrected chi connectivity index (χ1v) is 9.33. The Morgan fingerprint density at radius 1 is 1.16 bits per heavy atom. The summed E-state index contributed by atoms with van der Waals surface area (Å²) in [4.78, 5) is 23.4. The largest absolute Gasteiger partial charge is 0.492 e. The standard InChI is InChI=1S/C18H23Cl2NO4/c19-13-8-9-16(15(20)11-13)24-10-4-7-18(23)25-12-17(22)21-14-5-2-1-3-6-14/h8-9,11,14H,1-7,10,12H2,(H,21,22). The van der Waals surface area contributed by atoms with Gasteiger partial charge in [-0.15, -0.1) is 0 Å². The Hall–Kier alpha value is -1.46. The van der Waals surface area contributed by atoms with Crippen LogP contribution in [-0.2, 0) is 14.3 Å². The highest BCUT2D eigenvalue weighted by atomic mass is 35.5. The number of carbonyl (C=O) groups is 2. The molecule has 0 radical (unpaired) electrons. The van der Waals surface area contributed by atoms with Gasteiger partial charge in [-0.1, -0.05) is 42.5 Å². The molecule has 0 spiro atoms. The number of esters is 1. The minimum atomic E-state index is -0.412. The molecule has 5 nitrogen and oxygen atoms in total. The summed E-state index contributed by atoms with van der Waals surface area (Å²) in [5, 5.41) is 3.87. The Labute approximate surface area is 158 Å². The second-order valence-electron chi connectivity index (χ2n) is 6.09. The van der Waals surface area contributed by atoms with Crippen molar-refractivity contribution < 1.29 is 19.1 Å². The summed E-state index contributed by atoms with van der Waals surface area (Å²) in [6.07, 6.45) is 6.17. The van der Waals surface area contributed by atoms with Gasteiger partial charge in [0.15, 0.2) is 6.61 Å². The molecule has 0 saturated heterocycles. The summed E-state index contributed by atoms with van der Waals surface area (Å²) >= 11 is 11.8. The molecular weight excluding hydrogens is 365 g/mol. The summed E-state index contributed by atoms with van der Waals surface area (Å²) in [6.45, 7) is 0.101. The van der Waals surface area contributed by atoms with Gasteiger partial charge < -0.3 is 14.8 Å². The van der Waals surface area contributed by atoms with Crippen molar-refractivity contribution >= 4 is 35.1 Å². The van der Waals surface area contributed by atoms with Crippen LogP contribution in [0.1, 0.15) is 44.9 Å². The monoisotopic (exact) mass is 387 g/mol. The molecule has 1 saturated carbocycles. The van der Waals surface area contributed by atoms with E-state index < -0.39 is 5.97 Å². The lowest BCUT2D eigenvalue weighted by molar-refractivity contribution is -0.149. The predicted octanol–water partition coefficient (Wildman–Crippen LogP) is 4.14. The average molecular weight is 388 g/mol. The van der Waals surface area contributed by atoms with Crippen LogP contribution in [0.5, 0.6) is 5.75 Å². The van der Waals surface area contributed by atoms with E-state index in [1.807, 2.05) is 0 Å². The van der Waals surface area contributed by atoms with Gasteiger partial charge >= 0.3 is 5.97 Å². The van der Waals surface area contributed by atoms with Gasteiger partial charge in [0, 0.05) is 17.5 Å².